The van der Waals surface area contributed by atoms with Crippen LogP contribution in [0.1, 0.15) is 33.6 Å². The van der Waals surface area contributed by atoms with Gasteiger partial charge in [0.2, 0.25) is 5.95 Å². The van der Waals surface area contributed by atoms with E-state index in [1.54, 1.807) is 0 Å². The van der Waals surface area contributed by atoms with Crippen molar-refractivity contribution in [3.63, 3.8) is 0 Å². The van der Waals surface area contributed by atoms with Crippen molar-refractivity contribution in [2.75, 3.05) is 5.32 Å². The summed E-state index contributed by atoms with van der Waals surface area (Å²) < 4.78 is 2.13. The highest BCUT2D eigenvalue weighted by atomic mass is 15.2. The Hall–Kier alpha value is -1.51. The molecule has 1 aromatic carbocycles. The van der Waals surface area contributed by atoms with Crippen LogP contribution in [0.25, 0.3) is 11.0 Å². The van der Waals surface area contributed by atoms with Crippen LogP contribution in [-0.2, 0) is 7.05 Å². The van der Waals surface area contributed by atoms with Gasteiger partial charge in [-0.05, 0) is 25.0 Å². The van der Waals surface area contributed by atoms with Crippen molar-refractivity contribution in [1.82, 2.24) is 9.55 Å². The largest absolute Gasteiger partial charge is 0.353 e. The molecule has 3 heteroatoms. The molecule has 0 bridgehead atoms. The molecule has 1 atom stereocenters. The maximum Gasteiger partial charge on any atom is 0.203 e. The van der Waals surface area contributed by atoms with Crippen LogP contribution in [0.5, 0.6) is 0 Å². The highest BCUT2D eigenvalue weighted by Gasteiger charge is 2.16. The summed E-state index contributed by atoms with van der Waals surface area (Å²) in [7, 11) is 2.07. The normalized spacial score (nSPS) is 13.2. The first-order valence-electron chi connectivity index (χ1n) is 6.85. The molecule has 0 amide bonds. The van der Waals surface area contributed by atoms with Crippen molar-refractivity contribution < 1.29 is 0 Å². The predicted molar refractivity (Wildman–Crippen MR) is 77.9 cm³/mol. The number of rotatable bonds is 5. The minimum absolute atomic E-state index is 0.454. The van der Waals surface area contributed by atoms with Gasteiger partial charge in [0.1, 0.15) is 0 Å². The maximum absolute atomic E-state index is 4.66. The molecule has 0 radical (unpaired) electrons. The first-order chi connectivity index (χ1) is 8.67. The van der Waals surface area contributed by atoms with Crippen molar-refractivity contribution in [3.05, 3.63) is 24.3 Å². The predicted octanol–water partition coefficient (Wildman–Crippen LogP) is 3.81. The second-order valence-electron chi connectivity index (χ2n) is 4.99. The smallest absolute Gasteiger partial charge is 0.203 e. The van der Waals surface area contributed by atoms with Crippen LogP contribution in [0.15, 0.2) is 24.3 Å². The lowest BCUT2D eigenvalue weighted by atomic mass is 9.96. The molecular weight excluding hydrogens is 222 g/mol. The van der Waals surface area contributed by atoms with E-state index in [4.69, 9.17) is 0 Å². The monoisotopic (exact) mass is 245 g/mol. The van der Waals surface area contributed by atoms with Gasteiger partial charge >= 0.3 is 0 Å². The third-order valence-electron chi connectivity index (χ3n) is 3.90. The molecule has 0 saturated carbocycles. The Kier molecular flexibility index (Phi) is 3.90. The Morgan fingerprint density at radius 1 is 1.22 bits per heavy atom. The molecular formula is C15H23N3. The molecule has 1 N–H and O–H groups in total. The van der Waals surface area contributed by atoms with Gasteiger partial charge in [0.05, 0.1) is 11.0 Å². The summed E-state index contributed by atoms with van der Waals surface area (Å²) in [5.41, 5.74) is 2.23. The summed E-state index contributed by atoms with van der Waals surface area (Å²) in [5.74, 6) is 1.67. The number of imidazole rings is 1. The van der Waals surface area contributed by atoms with E-state index in [1.165, 1.54) is 18.4 Å². The molecule has 18 heavy (non-hydrogen) atoms. The molecule has 0 aliphatic carbocycles. The number of hydrogen-bond acceptors (Lipinski definition) is 2. The second-order valence-corrected chi connectivity index (χ2v) is 4.99. The van der Waals surface area contributed by atoms with Gasteiger partial charge < -0.3 is 9.88 Å². The number of benzene rings is 1. The molecule has 1 unspecified atom stereocenters. The molecule has 2 rings (SSSR count). The summed E-state index contributed by atoms with van der Waals surface area (Å²) >= 11 is 0. The quantitative estimate of drug-likeness (QED) is 0.868. The Labute approximate surface area is 109 Å². The topological polar surface area (TPSA) is 29.9 Å². The van der Waals surface area contributed by atoms with E-state index in [9.17, 15) is 0 Å². The van der Waals surface area contributed by atoms with Crippen LogP contribution in [0.4, 0.5) is 5.95 Å². The van der Waals surface area contributed by atoms with Gasteiger partial charge in [0, 0.05) is 13.1 Å². The van der Waals surface area contributed by atoms with Crippen LogP contribution in [0.2, 0.25) is 0 Å². The Bertz CT molecular complexity index is 511. The number of anilines is 1. The third-order valence-corrected chi connectivity index (χ3v) is 3.90. The molecule has 98 valence electrons. The zero-order valence-electron chi connectivity index (χ0n) is 11.8. The lowest BCUT2D eigenvalue weighted by Crippen LogP contribution is -2.26. The van der Waals surface area contributed by atoms with Crippen LogP contribution < -0.4 is 5.32 Å². The lowest BCUT2D eigenvalue weighted by Gasteiger charge is -2.22. The zero-order valence-corrected chi connectivity index (χ0v) is 11.8. The summed E-state index contributed by atoms with van der Waals surface area (Å²) in [5, 5.41) is 3.55. The third kappa shape index (κ3) is 2.35. The highest BCUT2D eigenvalue weighted by Crippen LogP contribution is 2.21. The molecule has 0 aliphatic heterocycles. The minimum atomic E-state index is 0.454. The summed E-state index contributed by atoms with van der Waals surface area (Å²) in [6.45, 7) is 6.75. The highest BCUT2D eigenvalue weighted by molar-refractivity contribution is 5.78. The van der Waals surface area contributed by atoms with Crippen LogP contribution in [0, 0.1) is 5.92 Å². The van der Waals surface area contributed by atoms with Crippen molar-refractivity contribution in [2.24, 2.45) is 13.0 Å². The number of aryl methyl sites for hydroxylation is 1. The molecule has 0 aliphatic rings. The molecule has 0 fully saturated rings. The fourth-order valence-corrected chi connectivity index (χ4v) is 2.59. The van der Waals surface area contributed by atoms with E-state index < -0.39 is 0 Å². The van der Waals surface area contributed by atoms with E-state index in [1.807, 2.05) is 6.07 Å². The summed E-state index contributed by atoms with van der Waals surface area (Å²) in [6, 6.07) is 8.70. The zero-order chi connectivity index (χ0) is 13.1. The Balaban J connectivity index is 2.24. The molecule has 0 spiro atoms. The van der Waals surface area contributed by atoms with Crippen molar-refractivity contribution in [2.45, 2.75) is 39.7 Å². The van der Waals surface area contributed by atoms with Crippen molar-refractivity contribution in [1.29, 1.82) is 0 Å². The van der Waals surface area contributed by atoms with E-state index in [2.05, 4.69) is 60.9 Å². The van der Waals surface area contributed by atoms with Crippen LogP contribution in [0.3, 0.4) is 0 Å². The van der Waals surface area contributed by atoms with Crippen molar-refractivity contribution in [3.8, 4) is 0 Å². The number of para-hydroxylation sites is 2. The van der Waals surface area contributed by atoms with Gasteiger partial charge in [-0.25, -0.2) is 4.98 Å². The fourth-order valence-electron chi connectivity index (χ4n) is 2.59. The first kappa shape index (κ1) is 12.9. The average Bonchev–Trinajstić information content (AvgIpc) is 2.68. The maximum atomic E-state index is 4.66. The minimum Gasteiger partial charge on any atom is -0.353 e. The number of aromatic nitrogens is 2. The number of fused-ring (bicyclic) bond motifs is 1. The van der Waals surface area contributed by atoms with Gasteiger partial charge in [-0.3, -0.25) is 0 Å². The molecule has 2 aromatic rings. The van der Waals surface area contributed by atoms with Crippen LogP contribution >= 0.6 is 0 Å². The van der Waals surface area contributed by atoms with E-state index >= 15 is 0 Å². The summed E-state index contributed by atoms with van der Waals surface area (Å²) in [4.78, 5) is 4.66. The standard InChI is InChI=1S/C15H23N3/c1-5-12(6-2)11(3)16-15-17-13-9-7-8-10-14(13)18(15)4/h7-12H,5-6H2,1-4H3,(H,16,17). The molecule has 3 nitrogen and oxygen atoms in total. The number of hydrogen-bond donors (Lipinski definition) is 1. The SMILES string of the molecule is CCC(CC)C(C)Nc1nc2ccccc2n1C. The lowest BCUT2D eigenvalue weighted by molar-refractivity contribution is 0.435. The Morgan fingerprint density at radius 2 is 1.89 bits per heavy atom. The Morgan fingerprint density at radius 3 is 2.50 bits per heavy atom. The van der Waals surface area contributed by atoms with E-state index in [-0.39, 0.29) is 0 Å². The first-order valence-corrected chi connectivity index (χ1v) is 6.85. The number of nitrogens with one attached hydrogen (secondary N) is 1. The van der Waals surface area contributed by atoms with Gasteiger partial charge in [0.25, 0.3) is 0 Å². The second kappa shape index (κ2) is 5.42. The van der Waals surface area contributed by atoms with E-state index in [0.717, 1.165) is 11.5 Å². The van der Waals surface area contributed by atoms with Gasteiger partial charge in [0.15, 0.2) is 0 Å². The molecule has 0 saturated heterocycles. The molecule has 1 heterocycles. The van der Waals surface area contributed by atoms with Gasteiger partial charge in [-0.2, -0.15) is 0 Å². The van der Waals surface area contributed by atoms with Gasteiger partial charge in [-0.15, -0.1) is 0 Å². The summed E-state index contributed by atoms with van der Waals surface area (Å²) in [6.07, 6.45) is 2.41. The average molecular weight is 245 g/mol. The van der Waals surface area contributed by atoms with Crippen molar-refractivity contribution >= 4 is 17.0 Å². The van der Waals surface area contributed by atoms with E-state index in [0.29, 0.717) is 12.0 Å². The van der Waals surface area contributed by atoms with Gasteiger partial charge in [-0.1, -0.05) is 38.8 Å². The fraction of sp³-hybridized carbons (Fsp3) is 0.533. The number of nitrogens with zero attached hydrogens (tertiary/aromatic N) is 2. The van der Waals surface area contributed by atoms with Crippen LogP contribution in [-0.4, -0.2) is 15.6 Å². The molecule has 1 aromatic heterocycles.